The predicted octanol–water partition coefficient (Wildman–Crippen LogP) is 3.07. The van der Waals surface area contributed by atoms with Crippen LogP contribution in [0.3, 0.4) is 0 Å². The van der Waals surface area contributed by atoms with Crippen molar-refractivity contribution in [3.8, 4) is 0 Å². The van der Waals surface area contributed by atoms with Gasteiger partial charge in [0.25, 0.3) is 0 Å². The largest absolute Gasteiger partial charge is 0.462 e. The molecule has 106 valence electrons. The van der Waals surface area contributed by atoms with E-state index in [0.717, 1.165) is 10.4 Å². The first kappa shape index (κ1) is 15.5. The first-order valence-corrected chi connectivity index (χ1v) is 7.03. The maximum absolute atomic E-state index is 11.9. The quantitative estimate of drug-likeness (QED) is 0.835. The van der Waals surface area contributed by atoms with E-state index < -0.39 is 5.97 Å². The third-order valence-electron chi connectivity index (χ3n) is 2.51. The van der Waals surface area contributed by atoms with E-state index >= 15 is 0 Å². The first-order chi connectivity index (χ1) is 8.86. The first-order valence-electron chi connectivity index (χ1n) is 6.21. The molecule has 2 amide bonds. The van der Waals surface area contributed by atoms with Crippen molar-refractivity contribution in [3.05, 3.63) is 16.0 Å². The predicted molar refractivity (Wildman–Crippen MR) is 77.0 cm³/mol. The molecular formula is C13H20N2O3S. The van der Waals surface area contributed by atoms with Crippen LogP contribution >= 0.6 is 11.3 Å². The number of urea groups is 1. The number of hydrogen-bond acceptors (Lipinski definition) is 4. The lowest BCUT2D eigenvalue weighted by atomic mass is 10.1. The van der Waals surface area contributed by atoms with Gasteiger partial charge in [0, 0.05) is 10.9 Å². The number of nitrogens with one attached hydrogen (secondary N) is 2. The highest BCUT2D eigenvalue weighted by Crippen LogP contribution is 2.32. The van der Waals surface area contributed by atoms with Crippen LogP contribution in [-0.4, -0.2) is 24.6 Å². The molecule has 0 radical (unpaired) electrons. The molecule has 5 nitrogen and oxygen atoms in total. The van der Waals surface area contributed by atoms with Gasteiger partial charge in [-0.3, -0.25) is 5.32 Å². The van der Waals surface area contributed by atoms with Crippen LogP contribution in [0.25, 0.3) is 0 Å². The smallest absolute Gasteiger partial charge is 0.341 e. The van der Waals surface area contributed by atoms with E-state index in [-0.39, 0.29) is 12.1 Å². The number of aryl methyl sites for hydroxylation is 1. The van der Waals surface area contributed by atoms with Crippen molar-refractivity contribution in [2.75, 3.05) is 11.9 Å². The average Bonchev–Trinajstić information content (AvgIpc) is 2.53. The summed E-state index contributed by atoms with van der Waals surface area (Å²) in [5.41, 5.74) is 1.30. The van der Waals surface area contributed by atoms with Gasteiger partial charge in [-0.1, -0.05) is 0 Å². The number of thiophene rings is 1. The Hall–Kier alpha value is -1.56. The van der Waals surface area contributed by atoms with E-state index in [4.69, 9.17) is 4.74 Å². The van der Waals surface area contributed by atoms with E-state index in [1.807, 2.05) is 27.7 Å². The summed E-state index contributed by atoms with van der Waals surface area (Å²) in [5.74, 6) is -0.399. The van der Waals surface area contributed by atoms with Gasteiger partial charge in [-0.15, -0.1) is 11.3 Å². The van der Waals surface area contributed by atoms with Crippen LogP contribution in [0.4, 0.5) is 9.80 Å². The van der Waals surface area contributed by atoms with Crippen LogP contribution in [0.15, 0.2) is 0 Å². The van der Waals surface area contributed by atoms with E-state index in [9.17, 15) is 9.59 Å². The minimum atomic E-state index is -0.399. The molecule has 19 heavy (non-hydrogen) atoms. The molecule has 0 fully saturated rings. The van der Waals surface area contributed by atoms with E-state index in [0.29, 0.717) is 17.2 Å². The van der Waals surface area contributed by atoms with Gasteiger partial charge >= 0.3 is 12.0 Å². The van der Waals surface area contributed by atoms with Gasteiger partial charge in [0.1, 0.15) is 5.00 Å². The summed E-state index contributed by atoms with van der Waals surface area (Å²) < 4.78 is 5.02. The van der Waals surface area contributed by atoms with Crippen molar-refractivity contribution in [1.29, 1.82) is 0 Å². The fourth-order valence-electron chi connectivity index (χ4n) is 1.57. The molecule has 0 aliphatic heterocycles. The molecule has 0 bridgehead atoms. The molecule has 0 atom stereocenters. The third kappa shape index (κ3) is 3.96. The lowest BCUT2D eigenvalue weighted by Gasteiger charge is -2.10. The van der Waals surface area contributed by atoms with Crippen molar-refractivity contribution >= 4 is 28.3 Å². The highest BCUT2D eigenvalue weighted by molar-refractivity contribution is 7.16. The minimum Gasteiger partial charge on any atom is -0.462 e. The second-order valence-electron chi connectivity index (χ2n) is 4.46. The molecule has 1 aromatic rings. The number of carbonyl (C=O) groups excluding carboxylic acids is 2. The van der Waals surface area contributed by atoms with E-state index in [2.05, 4.69) is 10.6 Å². The van der Waals surface area contributed by atoms with Crippen LogP contribution in [0.2, 0.25) is 0 Å². The van der Waals surface area contributed by atoms with Gasteiger partial charge in [-0.05, 0) is 40.2 Å². The van der Waals surface area contributed by atoms with Crippen LogP contribution in [0.1, 0.15) is 41.6 Å². The molecule has 0 spiro atoms. The zero-order chi connectivity index (χ0) is 14.6. The molecule has 1 heterocycles. The molecule has 1 rings (SSSR count). The monoisotopic (exact) mass is 284 g/mol. The highest BCUT2D eigenvalue weighted by atomic mass is 32.1. The Labute approximate surface area is 117 Å². The number of rotatable bonds is 4. The van der Waals surface area contributed by atoms with Crippen molar-refractivity contribution in [1.82, 2.24) is 5.32 Å². The number of esters is 1. The lowest BCUT2D eigenvalue weighted by Crippen LogP contribution is -2.34. The highest BCUT2D eigenvalue weighted by Gasteiger charge is 2.22. The van der Waals surface area contributed by atoms with Crippen LogP contribution < -0.4 is 10.6 Å². The van der Waals surface area contributed by atoms with Crippen molar-refractivity contribution < 1.29 is 14.3 Å². The van der Waals surface area contributed by atoms with Crippen LogP contribution in [0, 0.1) is 13.8 Å². The standard InChI is InChI=1S/C13H20N2O3S/c1-6-18-12(16)10-8(4)9(5)19-11(10)15-13(17)14-7(2)3/h7H,6H2,1-5H3,(H2,14,15,17). The normalized spacial score (nSPS) is 10.4. The van der Waals surface area contributed by atoms with Gasteiger partial charge in [-0.25, -0.2) is 9.59 Å². The fourth-order valence-corrected chi connectivity index (χ4v) is 2.61. The van der Waals surface area contributed by atoms with Crippen molar-refractivity contribution in [2.45, 2.75) is 40.7 Å². The second kappa shape index (κ2) is 6.56. The van der Waals surface area contributed by atoms with Gasteiger partial charge in [-0.2, -0.15) is 0 Å². The second-order valence-corrected chi connectivity index (χ2v) is 5.69. The third-order valence-corrected chi connectivity index (χ3v) is 3.63. The summed E-state index contributed by atoms with van der Waals surface area (Å²) in [6.45, 7) is 9.57. The maximum Gasteiger partial charge on any atom is 0.341 e. The van der Waals surface area contributed by atoms with Crippen LogP contribution in [-0.2, 0) is 4.74 Å². The SMILES string of the molecule is CCOC(=O)c1c(NC(=O)NC(C)C)sc(C)c1C. The number of carbonyl (C=O) groups is 2. The van der Waals surface area contributed by atoms with E-state index in [1.54, 1.807) is 6.92 Å². The molecule has 1 aromatic heterocycles. The summed E-state index contributed by atoms with van der Waals surface area (Å²) in [6, 6.07) is -0.282. The average molecular weight is 284 g/mol. The summed E-state index contributed by atoms with van der Waals surface area (Å²) >= 11 is 1.38. The summed E-state index contributed by atoms with van der Waals surface area (Å²) in [4.78, 5) is 24.6. The Bertz CT molecular complexity index is 480. The Morgan fingerprint density at radius 3 is 2.47 bits per heavy atom. The Morgan fingerprint density at radius 1 is 1.32 bits per heavy atom. The zero-order valence-corrected chi connectivity index (χ0v) is 12.7. The topological polar surface area (TPSA) is 67.4 Å². The molecular weight excluding hydrogens is 264 g/mol. The van der Waals surface area contributed by atoms with E-state index in [1.165, 1.54) is 11.3 Å². The van der Waals surface area contributed by atoms with Crippen molar-refractivity contribution in [3.63, 3.8) is 0 Å². The summed E-state index contributed by atoms with van der Waals surface area (Å²) in [6.07, 6.45) is 0. The van der Waals surface area contributed by atoms with Crippen LogP contribution in [0.5, 0.6) is 0 Å². The fraction of sp³-hybridized carbons (Fsp3) is 0.538. The number of anilines is 1. The number of hydrogen-bond donors (Lipinski definition) is 2. The molecule has 6 heteroatoms. The molecule has 0 saturated carbocycles. The Morgan fingerprint density at radius 2 is 1.95 bits per heavy atom. The molecule has 2 N–H and O–H groups in total. The van der Waals surface area contributed by atoms with Crippen molar-refractivity contribution in [2.24, 2.45) is 0 Å². The van der Waals surface area contributed by atoms with Gasteiger partial charge < -0.3 is 10.1 Å². The van der Waals surface area contributed by atoms with Gasteiger partial charge in [0.15, 0.2) is 0 Å². The molecule has 0 aliphatic carbocycles. The lowest BCUT2D eigenvalue weighted by molar-refractivity contribution is 0.0527. The molecule has 0 aliphatic rings. The maximum atomic E-state index is 11.9. The summed E-state index contributed by atoms with van der Waals surface area (Å²) in [7, 11) is 0. The molecule has 0 saturated heterocycles. The zero-order valence-electron chi connectivity index (χ0n) is 11.9. The Kier molecular flexibility index (Phi) is 5.35. The molecule has 0 unspecified atom stereocenters. The number of amides is 2. The van der Waals surface area contributed by atoms with Gasteiger partial charge in [0.05, 0.1) is 12.2 Å². The molecule has 0 aromatic carbocycles. The minimum absolute atomic E-state index is 0.0354. The number of ether oxygens (including phenoxy) is 1. The Balaban J connectivity index is 2.97. The summed E-state index contributed by atoms with van der Waals surface area (Å²) in [5, 5.41) is 5.97. The van der Waals surface area contributed by atoms with Gasteiger partial charge in [0.2, 0.25) is 0 Å².